The van der Waals surface area contributed by atoms with Gasteiger partial charge in [-0.05, 0) is 68.0 Å². The van der Waals surface area contributed by atoms with Gasteiger partial charge in [-0.2, -0.15) is 0 Å². The summed E-state index contributed by atoms with van der Waals surface area (Å²) in [4.78, 5) is 30.7. The largest absolute Gasteiger partial charge is 0.467 e. The van der Waals surface area contributed by atoms with E-state index in [2.05, 4.69) is 79.3 Å². The fraction of sp³-hybridized carbons (Fsp3) is 0.471. The van der Waals surface area contributed by atoms with Crippen LogP contribution in [0.25, 0.3) is 33.5 Å². The Kier molecular flexibility index (Phi) is 11.1. The predicted molar refractivity (Wildman–Crippen MR) is 169 cm³/mol. The third kappa shape index (κ3) is 7.90. The number of unbranched alkanes of at least 4 members (excludes halogenated alkanes) is 3. The zero-order chi connectivity index (χ0) is 30.8. The van der Waals surface area contributed by atoms with Crippen LogP contribution >= 0.6 is 0 Å². The normalized spacial score (nSPS) is 11.8. The molecule has 3 heterocycles. The van der Waals surface area contributed by atoms with Crippen LogP contribution in [0.4, 0.5) is 0 Å². The number of pyridine rings is 1. The molecule has 9 heteroatoms. The smallest absolute Gasteiger partial charge is 0.293 e. The third-order valence-electron chi connectivity index (χ3n) is 7.76. The standard InChI is InChI=1S/C34H45N5O4/c1-6-39-29-15-14-25(30-20-36-31(43-30)13-9-7-8-10-17-37-38-22-40)18-27(29)28(19-34(4,5)21-42-23-41)33(39)26-12-11-16-35-32(26)24(2)3/h11-12,14-16,18,20,22-24,37H,6-10,13,17,19,21H2,1-5H3,(H,38,40). The summed E-state index contributed by atoms with van der Waals surface area (Å²) in [6, 6.07) is 10.7. The van der Waals surface area contributed by atoms with Gasteiger partial charge < -0.3 is 13.7 Å². The lowest BCUT2D eigenvalue weighted by Gasteiger charge is -2.24. The molecule has 1 amide bonds. The first-order valence-electron chi connectivity index (χ1n) is 15.3. The van der Waals surface area contributed by atoms with Crippen LogP contribution in [0, 0.1) is 5.41 Å². The van der Waals surface area contributed by atoms with Gasteiger partial charge in [-0.1, -0.05) is 40.5 Å². The molecule has 4 aromatic rings. The zero-order valence-corrected chi connectivity index (χ0v) is 26.1. The van der Waals surface area contributed by atoms with Crippen molar-refractivity contribution in [3.63, 3.8) is 0 Å². The van der Waals surface area contributed by atoms with Gasteiger partial charge >= 0.3 is 0 Å². The van der Waals surface area contributed by atoms with Gasteiger partial charge in [0.25, 0.3) is 6.47 Å². The van der Waals surface area contributed by atoms with E-state index in [1.807, 2.05) is 18.5 Å². The topological polar surface area (TPSA) is 111 Å². The highest BCUT2D eigenvalue weighted by atomic mass is 16.5. The zero-order valence-electron chi connectivity index (χ0n) is 26.1. The first-order valence-corrected chi connectivity index (χ1v) is 15.3. The SMILES string of the molecule is CCn1c(-c2cccnc2C(C)C)c(CC(C)(C)COC=O)c2cc(-c3cnc(CCCCCCNNC=O)o3)ccc21. The number of hydrogen-bond donors (Lipinski definition) is 2. The minimum atomic E-state index is -0.279. The maximum atomic E-state index is 11.1. The van der Waals surface area contributed by atoms with E-state index in [4.69, 9.17) is 14.1 Å². The summed E-state index contributed by atoms with van der Waals surface area (Å²) in [7, 11) is 0. The van der Waals surface area contributed by atoms with E-state index >= 15 is 0 Å². The molecule has 0 aliphatic heterocycles. The van der Waals surface area contributed by atoms with E-state index in [0.717, 1.165) is 91.0 Å². The molecule has 3 aromatic heterocycles. The molecular formula is C34H45N5O4. The number of hydrogen-bond acceptors (Lipinski definition) is 7. The summed E-state index contributed by atoms with van der Waals surface area (Å²) in [5, 5.41) is 1.16. The maximum Gasteiger partial charge on any atom is 0.293 e. The second kappa shape index (κ2) is 15.0. The molecule has 43 heavy (non-hydrogen) atoms. The molecule has 0 aliphatic carbocycles. The van der Waals surface area contributed by atoms with Gasteiger partial charge in [0.05, 0.1) is 24.2 Å². The van der Waals surface area contributed by atoms with Crippen LogP contribution in [0.3, 0.4) is 0 Å². The molecule has 0 radical (unpaired) electrons. The molecule has 0 saturated carbocycles. The van der Waals surface area contributed by atoms with Crippen LogP contribution in [-0.4, -0.2) is 40.6 Å². The molecule has 0 unspecified atom stereocenters. The van der Waals surface area contributed by atoms with Crippen molar-refractivity contribution < 1.29 is 18.7 Å². The number of aryl methyl sites for hydroxylation is 2. The molecule has 0 bridgehead atoms. The van der Waals surface area contributed by atoms with Crippen molar-refractivity contribution >= 4 is 23.8 Å². The van der Waals surface area contributed by atoms with Crippen LogP contribution in [0.15, 0.2) is 47.1 Å². The third-order valence-corrected chi connectivity index (χ3v) is 7.76. The Balaban J connectivity index is 1.68. The molecule has 4 rings (SSSR count). The molecule has 0 spiro atoms. The number of benzene rings is 1. The first kappa shape index (κ1) is 31.9. The fourth-order valence-electron chi connectivity index (χ4n) is 5.78. The lowest BCUT2D eigenvalue weighted by Crippen LogP contribution is -2.30. The number of rotatable bonds is 18. The summed E-state index contributed by atoms with van der Waals surface area (Å²) < 4.78 is 13.8. The highest BCUT2D eigenvalue weighted by Crippen LogP contribution is 2.41. The van der Waals surface area contributed by atoms with Gasteiger partial charge in [0.2, 0.25) is 6.41 Å². The first-order chi connectivity index (χ1) is 20.8. The molecule has 2 N–H and O–H groups in total. The monoisotopic (exact) mass is 587 g/mol. The number of amides is 1. The van der Waals surface area contributed by atoms with Gasteiger partial charge in [0, 0.05) is 53.2 Å². The number of nitrogens with zero attached hydrogens (tertiary/aromatic N) is 3. The lowest BCUT2D eigenvalue weighted by molar-refractivity contribution is -0.131. The Labute approximate surface area is 254 Å². The molecule has 0 atom stereocenters. The Hall–Kier alpha value is -3.98. The van der Waals surface area contributed by atoms with Crippen molar-refractivity contribution in [2.75, 3.05) is 13.2 Å². The summed E-state index contributed by atoms with van der Waals surface area (Å²) in [6.07, 6.45) is 9.97. The van der Waals surface area contributed by atoms with Crippen molar-refractivity contribution in [2.24, 2.45) is 5.41 Å². The minimum absolute atomic E-state index is 0.262. The molecule has 0 aliphatic rings. The lowest BCUT2D eigenvalue weighted by atomic mass is 9.84. The number of hydrazine groups is 1. The quantitative estimate of drug-likeness (QED) is 0.0767. The number of oxazole rings is 1. The van der Waals surface area contributed by atoms with Crippen LogP contribution in [0.2, 0.25) is 0 Å². The van der Waals surface area contributed by atoms with Gasteiger partial charge in [0.15, 0.2) is 11.7 Å². The van der Waals surface area contributed by atoms with Gasteiger partial charge in [-0.25, -0.2) is 10.4 Å². The highest BCUT2D eigenvalue weighted by Gasteiger charge is 2.28. The second-order valence-corrected chi connectivity index (χ2v) is 12.1. The molecular weight excluding hydrogens is 542 g/mol. The van der Waals surface area contributed by atoms with Crippen LogP contribution in [0.5, 0.6) is 0 Å². The minimum Gasteiger partial charge on any atom is -0.467 e. The van der Waals surface area contributed by atoms with Gasteiger partial charge in [-0.3, -0.25) is 20.0 Å². The second-order valence-electron chi connectivity index (χ2n) is 12.1. The summed E-state index contributed by atoms with van der Waals surface area (Å²) >= 11 is 0. The molecule has 0 fully saturated rings. The molecule has 1 aromatic carbocycles. The number of carbonyl (C=O) groups is 2. The Morgan fingerprint density at radius 2 is 1.91 bits per heavy atom. The Morgan fingerprint density at radius 1 is 1.09 bits per heavy atom. The maximum absolute atomic E-state index is 11.1. The van der Waals surface area contributed by atoms with Crippen molar-refractivity contribution in [2.45, 2.75) is 85.6 Å². The number of nitrogens with one attached hydrogen (secondary N) is 2. The summed E-state index contributed by atoms with van der Waals surface area (Å²) in [6.45, 7) is 13.2. The van der Waals surface area contributed by atoms with Crippen molar-refractivity contribution in [1.82, 2.24) is 25.4 Å². The number of fused-ring (bicyclic) bond motifs is 1. The highest BCUT2D eigenvalue weighted by molar-refractivity contribution is 5.95. The van der Waals surface area contributed by atoms with Crippen LogP contribution in [0.1, 0.15) is 83.4 Å². The fourth-order valence-corrected chi connectivity index (χ4v) is 5.78. The van der Waals surface area contributed by atoms with E-state index in [1.165, 1.54) is 11.3 Å². The predicted octanol–water partition coefficient (Wildman–Crippen LogP) is 6.60. The molecule has 9 nitrogen and oxygen atoms in total. The average Bonchev–Trinajstić information content (AvgIpc) is 3.59. The van der Waals surface area contributed by atoms with E-state index in [-0.39, 0.29) is 11.3 Å². The number of aromatic nitrogens is 3. The van der Waals surface area contributed by atoms with Gasteiger partial charge in [-0.15, -0.1) is 0 Å². The number of carbonyl (C=O) groups excluding carboxylic acids is 2. The van der Waals surface area contributed by atoms with Crippen molar-refractivity contribution in [3.8, 4) is 22.6 Å². The van der Waals surface area contributed by atoms with Crippen molar-refractivity contribution in [3.05, 3.63) is 59.9 Å². The van der Waals surface area contributed by atoms with Crippen molar-refractivity contribution in [1.29, 1.82) is 0 Å². The number of ether oxygens (including phenoxy) is 1. The van der Waals surface area contributed by atoms with E-state index in [9.17, 15) is 9.59 Å². The van der Waals surface area contributed by atoms with E-state index < -0.39 is 0 Å². The Bertz CT molecular complexity index is 1500. The Morgan fingerprint density at radius 3 is 2.65 bits per heavy atom. The molecule has 230 valence electrons. The van der Waals surface area contributed by atoms with Gasteiger partial charge in [0.1, 0.15) is 0 Å². The summed E-state index contributed by atoms with van der Waals surface area (Å²) in [5.41, 5.74) is 11.8. The molecule has 0 saturated heterocycles. The van der Waals surface area contributed by atoms with E-state index in [1.54, 1.807) is 0 Å². The van der Waals surface area contributed by atoms with Crippen LogP contribution < -0.4 is 10.9 Å². The summed E-state index contributed by atoms with van der Waals surface area (Å²) in [5.74, 6) is 1.76. The average molecular weight is 588 g/mol. The van der Waals surface area contributed by atoms with E-state index in [0.29, 0.717) is 19.5 Å². The van der Waals surface area contributed by atoms with Crippen LogP contribution in [-0.2, 0) is 33.7 Å².